The first-order valence-corrected chi connectivity index (χ1v) is 8.56. The normalized spacial score (nSPS) is 10.7. The van der Waals surface area contributed by atoms with Crippen LogP contribution in [0.4, 0.5) is 5.69 Å². The highest BCUT2D eigenvalue weighted by Crippen LogP contribution is 2.32. The van der Waals surface area contributed by atoms with Crippen molar-refractivity contribution >= 4 is 22.7 Å². The predicted molar refractivity (Wildman–Crippen MR) is 105 cm³/mol. The van der Waals surface area contributed by atoms with Crippen LogP contribution in [-0.4, -0.2) is 18.0 Å². The molecule has 0 aliphatic rings. The zero-order valence-corrected chi connectivity index (χ0v) is 15.0. The van der Waals surface area contributed by atoms with E-state index in [-0.39, 0.29) is 5.91 Å². The number of hydrogen-bond donors (Lipinski definition) is 1. The second kappa shape index (κ2) is 6.96. The van der Waals surface area contributed by atoms with E-state index in [1.165, 1.54) is 0 Å². The smallest absolute Gasteiger partial charge is 0.255 e. The molecule has 134 valence electrons. The zero-order chi connectivity index (χ0) is 18.8. The van der Waals surface area contributed by atoms with Gasteiger partial charge in [-0.05, 0) is 49.4 Å². The summed E-state index contributed by atoms with van der Waals surface area (Å²) in [5, 5.41) is 2.91. The highest BCUT2D eigenvalue weighted by molar-refractivity contribution is 6.05. The molecule has 0 radical (unpaired) electrons. The van der Waals surface area contributed by atoms with E-state index in [1.54, 1.807) is 31.4 Å². The predicted octanol–water partition coefficient (Wildman–Crippen LogP) is 5.06. The van der Waals surface area contributed by atoms with Crippen LogP contribution < -0.4 is 10.1 Å². The van der Waals surface area contributed by atoms with Crippen LogP contribution in [0.1, 0.15) is 15.9 Å². The van der Waals surface area contributed by atoms with E-state index in [1.807, 2.05) is 49.4 Å². The fourth-order valence-corrected chi connectivity index (χ4v) is 2.83. The number of aryl methyl sites for hydroxylation is 1. The van der Waals surface area contributed by atoms with Crippen LogP contribution in [0.3, 0.4) is 0 Å². The van der Waals surface area contributed by atoms with Gasteiger partial charge in [-0.2, -0.15) is 0 Å². The number of ether oxygens (including phenoxy) is 1. The van der Waals surface area contributed by atoms with Crippen molar-refractivity contribution in [2.24, 2.45) is 0 Å². The van der Waals surface area contributed by atoms with Gasteiger partial charge < -0.3 is 14.5 Å². The number of hydrogen-bond acceptors (Lipinski definition) is 4. The minimum Gasteiger partial charge on any atom is -0.495 e. The molecular formula is C22H18N2O3. The number of carbonyl (C=O) groups is 1. The Morgan fingerprint density at radius 3 is 2.56 bits per heavy atom. The van der Waals surface area contributed by atoms with Gasteiger partial charge in [0.1, 0.15) is 11.3 Å². The van der Waals surface area contributed by atoms with E-state index in [9.17, 15) is 4.79 Å². The summed E-state index contributed by atoms with van der Waals surface area (Å²) >= 11 is 0. The van der Waals surface area contributed by atoms with E-state index in [4.69, 9.17) is 9.15 Å². The first-order chi connectivity index (χ1) is 13.1. The molecule has 5 nitrogen and oxygen atoms in total. The molecule has 1 heterocycles. The lowest BCUT2D eigenvalue weighted by molar-refractivity contribution is 0.102. The van der Waals surface area contributed by atoms with Crippen LogP contribution in [0.2, 0.25) is 0 Å². The molecule has 5 heteroatoms. The number of anilines is 1. The van der Waals surface area contributed by atoms with Crippen molar-refractivity contribution in [2.75, 3.05) is 12.4 Å². The summed E-state index contributed by atoms with van der Waals surface area (Å²) in [4.78, 5) is 17.1. The number of rotatable bonds is 4. The Morgan fingerprint density at radius 2 is 1.81 bits per heavy atom. The lowest BCUT2D eigenvalue weighted by atomic mass is 10.1. The average molecular weight is 358 g/mol. The van der Waals surface area contributed by atoms with Gasteiger partial charge in [-0.15, -0.1) is 0 Å². The highest BCUT2D eigenvalue weighted by Gasteiger charge is 2.14. The van der Waals surface area contributed by atoms with Crippen LogP contribution in [0.25, 0.3) is 22.6 Å². The first kappa shape index (κ1) is 16.8. The first-order valence-electron chi connectivity index (χ1n) is 8.56. The van der Waals surface area contributed by atoms with Crippen molar-refractivity contribution in [3.8, 4) is 17.2 Å². The molecule has 0 saturated heterocycles. The Kier molecular flexibility index (Phi) is 4.34. The standard InChI is InChI=1S/C22H18N2O3/c1-14-7-9-15(10-8-14)21(25)23-18-13-16(11-12-19(18)26-2)22-24-17-5-3-4-6-20(17)27-22/h3-13H,1-2H3,(H,23,25). The van der Waals surface area contributed by atoms with Gasteiger partial charge in [-0.1, -0.05) is 29.8 Å². The van der Waals surface area contributed by atoms with Gasteiger partial charge in [0.2, 0.25) is 5.89 Å². The molecule has 1 amide bonds. The molecule has 1 N–H and O–H groups in total. The third kappa shape index (κ3) is 3.40. The molecule has 4 rings (SSSR count). The van der Waals surface area contributed by atoms with Crippen molar-refractivity contribution in [1.82, 2.24) is 4.98 Å². The highest BCUT2D eigenvalue weighted by atomic mass is 16.5. The number of methoxy groups -OCH3 is 1. The maximum atomic E-state index is 12.6. The van der Waals surface area contributed by atoms with Gasteiger partial charge in [0.15, 0.2) is 5.58 Å². The third-order valence-corrected chi connectivity index (χ3v) is 4.30. The molecule has 1 aromatic heterocycles. The van der Waals surface area contributed by atoms with Crippen molar-refractivity contribution in [3.05, 3.63) is 77.9 Å². The fraction of sp³-hybridized carbons (Fsp3) is 0.0909. The molecule has 0 aliphatic heterocycles. The summed E-state index contributed by atoms with van der Waals surface area (Å²) in [7, 11) is 1.57. The molecular weight excluding hydrogens is 340 g/mol. The Balaban J connectivity index is 1.68. The van der Waals surface area contributed by atoms with E-state index in [0.717, 1.165) is 16.6 Å². The molecule has 4 aromatic rings. The number of carbonyl (C=O) groups excluding carboxylic acids is 1. The van der Waals surface area contributed by atoms with Crippen molar-refractivity contribution in [3.63, 3.8) is 0 Å². The summed E-state index contributed by atoms with van der Waals surface area (Å²) in [6.45, 7) is 1.98. The molecule has 3 aromatic carbocycles. The van der Waals surface area contributed by atoms with Gasteiger partial charge in [0, 0.05) is 11.1 Å². The summed E-state index contributed by atoms with van der Waals surface area (Å²) in [5.41, 5.74) is 4.49. The maximum absolute atomic E-state index is 12.6. The molecule has 0 fully saturated rings. The Labute approximate surface area is 156 Å². The van der Waals surface area contributed by atoms with Crippen molar-refractivity contribution in [1.29, 1.82) is 0 Å². The Morgan fingerprint density at radius 1 is 1.04 bits per heavy atom. The molecule has 0 saturated carbocycles. The monoisotopic (exact) mass is 358 g/mol. The molecule has 0 unspecified atom stereocenters. The van der Waals surface area contributed by atoms with Crippen LogP contribution in [0, 0.1) is 6.92 Å². The Bertz CT molecular complexity index is 1080. The number of amides is 1. The van der Waals surface area contributed by atoms with Gasteiger partial charge >= 0.3 is 0 Å². The van der Waals surface area contributed by atoms with Crippen LogP contribution >= 0.6 is 0 Å². The average Bonchev–Trinajstić information content (AvgIpc) is 3.12. The van der Waals surface area contributed by atoms with Gasteiger partial charge in [-0.25, -0.2) is 4.98 Å². The zero-order valence-electron chi connectivity index (χ0n) is 15.0. The Hall–Kier alpha value is -3.60. The van der Waals surface area contributed by atoms with Crippen LogP contribution in [0.15, 0.2) is 71.1 Å². The number of nitrogens with one attached hydrogen (secondary N) is 1. The maximum Gasteiger partial charge on any atom is 0.255 e. The number of oxazole rings is 1. The molecule has 0 aliphatic carbocycles. The number of nitrogens with zero attached hydrogens (tertiary/aromatic N) is 1. The number of para-hydroxylation sites is 2. The lowest BCUT2D eigenvalue weighted by Gasteiger charge is -2.11. The second-order valence-corrected chi connectivity index (χ2v) is 6.22. The minimum absolute atomic E-state index is 0.206. The summed E-state index contributed by atoms with van der Waals surface area (Å²) in [5.74, 6) is 0.850. The van der Waals surface area contributed by atoms with E-state index in [2.05, 4.69) is 10.3 Å². The number of aromatic nitrogens is 1. The molecule has 0 atom stereocenters. The summed E-state index contributed by atoms with van der Waals surface area (Å²) in [6, 6.07) is 20.4. The van der Waals surface area contributed by atoms with Crippen LogP contribution in [0.5, 0.6) is 5.75 Å². The fourth-order valence-electron chi connectivity index (χ4n) is 2.83. The third-order valence-electron chi connectivity index (χ3n) is 4.30. The SMILES string of the molecule is COc1ccc(-c2nc3ccccc3o2)cc1NC(=O)c1ccc(C)cc1. The number of benzene rings is 3. The van der Waals surface area contributed by atoms with Crippen molar-refractivity contribution < 1.29 is 13.9 Å². The molecule has 0 spiro atoms. The second-order valence-electron chi connectivity index (χ2n) is 6.22. The summed E-state index contributed by atoms with van der Waals surface area (Å²) in [6.07, 6.45) is 0. The van der Waals surface area contributed by atoms with E-state index < -0.39 is 0 Å². The minimum atomic E-state index is -0.206. The van der Waals surface area contributed by atoms with Crippen LogP contribution in [-0.2, 0) is 0 Å². The van der Waals surface area contributed by atoms with E-state index >= 15 is 0 Å². The topological polar surface area (TPSA) is 64.4 Å². The molecule has 0 bridgehead atoms. The van der Waals surface area contributed by atoms with Crippen molar-refractivity contribution in [2.45, 2.75) is 6.92 Å². The van der Waals surface area contributed by atoms with E-state index in [0.29, 0.717) is 28.5 Å². The summed E-state index contributed by atoms with van der Waals surface area (Å²) < 4.78 is 11.2. The number of fused-ring (bicyclic) bond motifs is 1. The van der Waals surface area contributed by atoms with Gasteiger partial charge in [0.25, 0.3) is 5.91 Å². The quantitative estimate of drug-likeness (QED) is 0.553. The lowest BCUT2D eigenvalue weighted by Crippen LogP contribution is -2.12. The largest absolute Gasteiger partial charge is 0.495 e. The molecule has 27 heavy (non-hydrogen) atoms. The van der Waals surface area contributed by atoms with Gasteiger partial charge in [-0.3, -0.25) is 4.79 Å². The van der Waals surface area contributed by atoms with Gasteiger partial charge in [0.05, 0.1) is 12.8 Å².